The van der Waals surface area contributed by atoms with Crippen LogP contribution in [0.15, 0.2) is 35.7 Å². The number of benzene rings is 1. The molecule has 0 bridgehead atoms. The minimum Gasteiger partial charge on any atom is -0.491 e. The Morgan fingerprint density at radius 3 is 3.14 bits per heavy atom. The minimum atomic E-state index is -0.0835. The Morgan fingerprint density at radius 1 is 1.43 bits per heavy atom. The Balaban J connectivity index is 1.66. The Morgan fingerprint density at radius 2 is 2.33 bits per heavy atom. The summed E-state index contributed by atoms with van der Waals surface area (Å²) in [5.41, 5.74) is 0.936. The lowest BCUT2D eigenvalue weighted by atomic mass is 10.2. The van der Waals surface area contributed by atoms with Crippen molar-refractivity contribution in [2.45, 2.75) is 13.1 Å². The molecule has 1 N–H and O–H groups in total. The SMILES string of the molecule is O=C(NCc1cccs1)N1CCOc2ccc(Cl)cc2C1. The van der Waals surface area contributed by atoms with Crippen LogP contribution in [0.4, 0.5) is 4.79 Å². The van der Waals surface area contributed by atoms with E-state index in [9.17, 15) is 4.79 Å². The molecule has 4 nitrogen and oxygen atoms in total. The number of ether oxygens (including phenoxy) is 1. The first kappa shape index (κ1) is 14.2. The Kier molecular flexibility index (Phi) is 4.31. The molecule has 3 rings (SSSR count). The topological polar surface area (TPSA) is 41.6 Å². The van der Waals surface area contributed by atoms with Gasteiger partial charge in [-0.25, -0.2) is 4.79 Å². The van der Waals surface area contributed by atoms with Gasteiger partial charge in [-0.2, -0.15) is 0 Å². The molecule has 0 atom stereocenters. The molecule has 0 spiro atoms. The van der Waals surface area contributed by atoms with Crippen molar-refractivity contribution in [3.8, 4) is 5.75 Å². The summed E-state index contributed by atoms with van der Waals surface area (Å²) in [6.45, 7) is 2.10. The third-order valence-corrected chi connectivity index (χ3v) is 4.40. The van der Waals surface area contributed by atoms with E-state index in [0.29, 0.717) is 31.3 Å². The van der Waals surface area contributed by atoms with Crippen LogP contribution in [0.25, 0.3) is 0 Å². The van der Waals surface area contributed by atoms with Crippen molar-refractivity contribution in [2.24, 2.45) is 0 Å². The number of carbonyl (C=O) groups is 1. The number of hydrogen-bond acceptors (Lipinski definition) is 3. The number of hydrogen-bond donors (Lipinski definition) is 1. The molecule has 1 aliphatic heterocycles. The van der Waals surface area contributed by atoms with Gasteiger partial charge >= 0.3 is 6.03 Å². The fourth-order valence-electron chi connectivity index (χ4n) is 2.22. The lowest BCUT2D eigenvalue weighted by molar-refractivity contribution is 0.187. The molecule has 0 unspecified atom stereocenters. The molecule has 1 aromatic carbocycles. The highest BCUT2D eigenvalue weighted by molar-refractivity contribution is 7.09. The highest BCUT2D eigenvalue weighted by Crippen LogP contribution is 2.26. The van der Waals surface area contributed by atoms with Crippen LogP contribution in [-0.2, 0) is 13.1 Å². The number of fused-ring (bicyclic) bond motifs is 1. The van der Waals surface area contributed by atoms with E-state index in [1.54, 1.807) is 22.3 Å². The number of carbonyl (C=O) groups excluding carboxylic acids is 1. The van der Waals surface area contributed by atoms with Crippen LogP contribution in [0.3, 0.4) is 0 Å². The van der Waals surface area contributed by atoms with Crippen LogP contribution < -0.4 is 10.1 Å². The van der Waals surface area contributed by atoms with Gasteiger partial charge in [-0.1, -0.05) is 17.7 Å². The van der Waals surface area contributed by atoms with Crippen LogP contribution in [0, 0.1) is 0 Å². The molecule has 110 valence electrons. The van der Waals surface area contributed by atoms with E-state index >= 15 is 0 Å². The number of nitrogens with one attached hydrogen (secondary N) is 1. The first-order valence-corrected chi connectivity index (χ1v) is 7.94. The van der Waals surface area contributed by atoms with Gasteiger partial charge in [0.25, 0.3) is 0 Å². The average Bonchev–Trinajstić information content (AvgIpc) is 2.90. The molecule has 0 saturated heterocycles. The van der Waals surface area contributed by atoms with Gasteiger partial charge in [0, 0.05) is 15.5 Å². The van der Waals surface area contributed by atoms with Crippen molar-refractivity contribution in [3.63, 3.8) is 0 Å². The van der Waals surface area contributed by atoms with E-state index in [2.05, 4.69) is 5.32 Å². The van der Waals surface area contributed by atoms with Gasteiger partial charge in [0.05, 0.1) is 19.6 Å². The molecule has 0 saturated carbocycles. The second-order valence-electron chi connectivity index (χ2n) is 4.76. The minimum absolute atomic E-state index is 0.0835. The van der Waals surface area contributed by atoms with Gasteiger partial charge in [-0.15, -0.1) is 11.3 Å². The molecular weight excluding hydrogens is 308 g/mol. The van der Waals surface area contributed by atoms with Gasteiger partial charge < -0.3 is 15.0 Å². The molecule has 0 fully saturated rings. The molecule has 2 aromatic rings. The summed E-state index contributed by atoms with van der Waals surface area (Å²) < 4.78 is 5.66. The van der Waals surface area contributed by atoms with E-state index in [4.69, 9.17) is 16.3 Å². The predicted octanol–water partition coefficient (Wildman–Crippen LogP) is 3.51. The van der Waals surface area contributed by atoms with Crippen molar-refractivity contribution in [2.75, 3.05) is 13.2 Å². The molecular formula is C15H15ClN2O2S. The van der Waals surface area contributed by atoms with Crippen LogP contribution in [0.5, 0.6) is 5.75 Å². The van der Waals surface area contributed by atoms with E-state index in [0.717, 1.165) is 16.2 Å². The number of halogens is 1. The number of nitrogens with zero attached hydrogens (tertiary/aromatic N) is 1. The first-order chi connectivity index (χ1) is 10.2. The lowest BCUT2D eigenvalue weighted by Crippen LogP contribution is -2.40. The number of rotatable bonds is 2. The normalized spacial score (nSPS) is 14.0. The fourth-order valence-corrected chi connectivity index (χ4v) is 3.06. The summed E-state index contributed by atoms with van der Waals surface area (Å²) in [4.78, 5) is 15.2. The molecule has 0 radical (unpaired) electrons. The summed E-state index contributed by atoms with van der Waals surface area (Å²) >= 11 is 7.64. The third-order valence-electron chi connectivity index (χ3n) is 3.28. The summed E-state index contributed by atoms with van der Waals surface area (Å²) in [5.74, 6) is 0.799. The second-order valence-corrected chi connectivity index (χ2v) is 6.23. The Bertz CT molecular complexity index is 631. The van der Waals surface area contributed by atoms with Crippen LogP contribution in [0.2, 0.25) is 5.02 Å². The van der Waals surface area contributed by atoms with Crippen molar-refractivity contribution >= 4 is 29.0 Å². The first-order valence-electron chi connectivity index (χ1n) is 6.69. The quantitative estimate of drug-likeness (QED) is 0.919. The highest BCUT2D eigenvalue weighted by Gasteiger charge is 2.19. The number of urea groups is 1. The summed E-state index contributed by atoms with van der Waals surface area (Å²) in [7, 11) is 0. The maximum atomic E-state index is 12.3. The average molecular weight is 323 g/mol. The smallest absolute Gasteiger partial charge is 0.318 e. The van der Waals surface area contributed by atoms with Gasteiger partial charge in [0.1, 0.15) is 12.4 Å². The predicted molar refractivity (Wildman–Crippen MR) is 83.9 cm³/mol. The summed E-state index contributed by atoms with van der Waals surface area (Å²) in [6, 6.07) is 9.40. The van der Waals surface area contributed by atoms with Gasteiger partial charge in [-0.3, -0.25) is 0 Å². The van der Waals surface area contributed by atoms with Crippen LogP contribution in [0.1, 0.15) is 10.4 Å². The molecule has 1 aromatic heterocycles. The third kappa shape index (κ3) is 3.49. The Hall–Kier alpha value is -1.72. The maximum Gasteiger partial charge on any atom is 0.318 e. The van der Waals surface area contributed by atoms with Gasteiger partial charge in [0.2, 0.25) is 0 Å². The van der Waals surface area contributed by atoms with E-state index in [-0.39, 0.29) is 6.03 Å². The molecule has 6 heteroatoms. The van der Waals surface area contributed by atoms with E-state index in [1.807, 2.05) is 29.6 Å². The van der Waals surface area contributed by atoms with Crippen molar-refractivity contribution < 1.29 is 9.53 Å². The number of amides is 2. The highest BCUT2D eigenvalue weighted by atomic mass is 35.5. The zero-order valence-electron chi connectivity index (χ0n) is 11.3. The number of thiophene rings is 1. The lowest BCUT2D eigenvalue weighted by Gasteiger charge is -2.20. The summed E-state index contributed by atoms with van der Waals surface area (Å²) in [5, 5.41) is 5.59. The van der Waals surface area contributed by atoms with Crippen molar-refractivity contribution in [1.82, 2.24) is 10.2 Å². The van der Waals surface area contributed by atoms with Crippen LogP contribution >= 0.6 is 22.9 Å². The van der Waals surface area contributed by atoms with Crippen LogP contribution in [-0.4, -0.2) is 24.1 Å². The zero-order chi connectivity index (χ0) is 14.7. The van der Waals surface area contributed by atoms with Crippen molar-refractivity contribution in [3.05, 3.63) is 51.2 Å². The monoisotopic (exact) mass is 322 g/mol. The zero-order valence-corrected chi connectivity index (χ0v) is 12.9. The fraction of sp³-hybridized carbons (Fsp3) is 0.267. The van der Waals surface area contributed by atoms with E-state index in [1.165, 1.54) is 0 Å². The largest absolute Gasteiger partial charge is 0.491 e. The summed E-state index contributed by atoms with van der Waals surface area (Å²) in [6.07, 6.45) is 0. The molecule has 2 heterocycles. The second kappa shape index (κ2) is 6.37. The molecule has 0 aliphatic carbocycles. The maximum absolute atomic E-state index is 12.3. The van der Waals surface area contributed by atoms with Crippen molar-refractivity contribution in [1.29, 1.82) is 0 Å². The van der Waals surface area contributed by atoms with Gasteiger partial charge in [0.15, 0.2) is 0 Å². The Labute approximate surface area is 132 Å². The molecule has 1 aliphatic rings. The molecule has 21 heavy (non-hydrogen) atoms. The van der Waals surface area contributed by atoms with E-state index < -0.39 is 0 Å². The molecule has 2 amide bonds. The van der Waals surface area contributed by atoms with Gasteiger partial charge in [-0.05, 0) is 29.6 Å². The standard InChI is InChI=1S/C15H15ClN2O2S/c16-12-3-4-14-11(8-12)10-18(5-6-20-14)15(19)17-9-13-2-1-7-21-13/h1-4,7-8H,5-6,9-10H2,(H,17,19).